The van der Waals surface area contributed by atoms with Crippen molar-refractivity contribution < 1.29 is 14.3 Å². The van der Waals surface area contributed by atoms with Crippen LogP contribution in [0, 0.1) is 11.3 Å². The maximum absolute atomic E-state index is 11.6. The van der Waals surface area contributed by atoms with Crippen LogP contribution in [0.4, 0.5) is 11.4 Å². The summed E-state index contributed by atoms with van der Waals surface area (Å²) in [6.07, 6.45) is 0.850. The van der Waals surface area contributed by atoms with Crippen LogP contribution in [-0.4, -0.2) is 26.7 Å². The van der Waals surface area contributed by atoms with E-state index in [9.17, 15) is 4.79 Å². The van der Waals surface area contributed by atoms with Crippen LogP contribution in [0.3, 0.4) is 0 Å². The Hall–Kier alpha value is -3.00. The smallest absolute Gasteiger partial charge is 0.337 e. The van der Waals surface area contributed by atoms with E-state index in [2.05, 4.69) is 11.0 Å². The average Bonchev–Trinajstić information content (AvgIpc) is 3.03. The number of methoxy groups -OCH3 is 2. The number of nitriles is 1. The molecule has 0 unspecified atom stereocenters. The van der Waals surface area contributed by atoms with Gasteiger partial charge in [0.15, 0.2) is 0 Å². The van der Waals surface area contributed by atoms with Gasteiger partial charge in [-0.15, -0.1) is 0 Å². The fraction of sp³-hybridized carbons (Fsp3) is 0.222. The number of anilines is 2. The zero-order valence-electron chi connectivity index (χ0n) is 13.0. The lowest BCUT2D eigenvalue weighted by Crippen LogP contribution is -2.13. The summed E-state index contributed by atoms with van der Waals surface area (Å²) in [7, 11) is 2.94. The van der Waals surface area contributed by atoms with Crippen molar-refractivity contribution in [2.75, 3.05) is 25.7 Å². The van der Waals surface area contributed by atoms with E-state index in [4.69, 9.17) is 14.7 Å². The zero-order chi connectivity index (χ0) is 16.4. The lowest BCUT2D eigenvalue weighted by molar-refractivity contribution is 0.0600. The molecule has 0 saturated carbocycles. The lowest BCUT2D eigenvalue weighted by Gasteiger charge is -2.20. The predicted molar refractivity (Wildman–Crippen MR) is 86.2 cm³/mol. The molecule has 0 saturated heterocycles. The molecule has 0 aliphatic carbocycles. The maximum atomic E-state index is 11.6. The van der Waals surface area contributed by atoms with Gasteiger partial charge < -0.3 is 14.4 Å². The Kier molecular flexibility index (Phi) is 3.90. The minimum atomic E-state index is -0.328. The first-order chi connectivity index (χ1) is 11.2. The normalized spacial score (nSPS) is 12.5. The molecule has 5 nitrogen and oxygen atoms in total. The second-order valence-corrected chi connectivity index (χ2v) is 5.23. The van der Waals surface area contributed by atoms with Gasteiger partial charge >= 0.3 is 5.97 Å². The molecule has 23 heavy (non-hydrogen) atoms. The highest BCUT2D eigenvalue weighted by Gasteiger charge is 2.22. The van der Waals surface area contributed by atoms with Gasteiger partial charge in [-0.25, -0.2) is 4.79 Å². The quantitative estimate of drug-likeness (QED) is 0.816. The first-order valence-corrected chi connectivity index (χ1v) is 7.25. The molecule has 0 N–H and O–H groups in total. The van der Waals surface area contributed by atoms with E-state index in [1.807, 2.05) is 24.3 Å². The van der Waals surface area contributed by atoms with E-state index in [0.717, 1.165) is 29.9 Å². The van der Waals surface area contributed by atoms with E-state index >= 15 is 0 Å². The molecule has 0 spiro atoms. The predicted octanol–water partition coefficient (Wildman–Crippen LogP) is 3.05. The van der Waals surface area contributed by atoms with Crippen molar-refractivity contribution in [1.29, 1.82) is 5.26 Å². The van der Waals surface area contributed by atoms with Crippen molar-refractivity contribution >= 4 is 17.3 Å². The first kappa shape index (κ1) is 14.9. The summed E-state index contributed by atoms with van der Waals surface area (Å²) < 4.78 is 10.0. The lowest BCUT2D eigenvalue weighted by atomic mass is 10.1. The fourth-order valence-corrected chi connectivity index (χ4v) is 2.85. The summed E-state index contributed by atoms with van der Waals surface area (Å²) in [5, 5.41) is 9.08. The maximum Gasteiger partial charge on any atom is 0.337 e. The standard InChI is InChI=1S/C18H16N2O3/c1-22-17-10-15(5-3-14(17)11-19)20-8-7-12-9-13(18(21)23-2)4-6-16(12)20/h3-6,9-10H,7-8H2,1-2H3. The second kappa shape index (κ2) is 6.01. The second-order valence-electron chi connectivity index (χ2n) is 5.23. The van der Waals surface area contributed by atoms with Crippen molar-refractivity contribution in [3.05, 3.63) is 53.1 Å². The van der Waals surface area contributed by atoms with Crippen LogP contribution in [0.2, 0.25) is 0 Å². The number of benzene rings is 2. The van der Waals surface area contributed by atoms with Gasteiger partial charge in [-0.2, -0.15) is 5.26 Å². The fourth-order valence-electron chi connectivity index (χ4n) is 2.85. The number of fused-ring (bicyclic) bond motifs is 1. The number of hydrogen-bond donors (Lipinski definition) is 0. The van der Waals surface area contributed by atoms with Crippen molar-refractivity contribution in [3.63, 3.8) is 0 Å². The monoisotopic (exact) mass is 308 g/mol. The summed E-state index contributed by atoms with van der Waals surface area (Å²) in [5.41, 5.74) is 4.20. The molecular formula is C18H16N2O3. The highest BCUT2D eigenvalue weighted by atomic mass is 16.5. The Morgan fingerprint density at radius 2 is 2.04 bits per heavy atom. The van der Waals surface area contributed by atoms with E-state index in [1.165, 1.54) is 7.11 Å². The summed E-state index contributed by atoms with van der Waals surface area (Å²) in [4.78, 5) is 13.8. The van der Waals surface area contributed by atoms with Crippen LogP contribution >= 0.6 is 0 Å². The van der Waals surface area contributed by atoms with Gasteiger partial charge in [0, 0.05) is 24.0 Å². The van der Waals surface area contributed by atoms with Crippen molar-refractivity contribution in [3.8, 4) is 11.8 Å². The number of nitrogens with zero attached hydrogens (tertiary/aromatic N) is 2. The van der Waals surface area contributed by atoms with Crippen LogP contribution in [0.5, 0.6) is 5.75 Å². The van der Waals surface area contributed by atoms with E-state index < -0.39 is 0 Å². The molecule has 5 heteroatoms. The highest BCUT2D eigenvalue weighted by Crippen LogP contribution is 2.37. The molecule has 0 amide bonds. The Bertz CT molecular complexity index is 808. The third-order valence-corrected chi connectivity index (χ3v) is 4.01. The number of esters is 1. The number of carbonyl (C=O) groups is 1. The third-order valence-electron chi connectivity index (χ3n) is 4.01. The minimum Gasteiger partial charge on any atom is -0.495 e. The van der Waals surface area contributed by atoms with Gasteiger partial charge in [-0.05, 0) is 42.3 Å². The molecule has 116 valence electrons. The number of rotatable bonds is 3. The molecule has 1 aliphatic heterocycles. The third kappa shape index (κ3) is 2.59. The van der Waals surface area contributed by atoms with Gasteiger partial charge in [-0.1, -0.05) is 0 Å². The molecule has 0 atom stereocenters. The van der Waals surface area contributed by atoms with Crippen LogP contribution in [-0.2, 0) is 11.2 Å². The molecule has 1 aliphatic rings. The van der Waals surface area contributed by atoms with Crippen LogP contribution in [0.25, 0.3) is 0 Å². The molecule has 3 rings (SSSR count). The van der Waals surface area contributed by atoms with Crippen LogP contribution in [0.15, 0.2) is 36.4 Å². The van der Waals surface area contributed by atoms with E-state index in [0.29, 0.717) is 16.9 Å². The molecule has 2 aromatic carbocycles. The molecule has 0 fully saturated rings. The number of hydrogen-bond acceptors (Lipinski definition) is 5. The van der Waals surface area contributed by atoms with E-state index in [-0.39, 0.29) is 5.97 Å². The first-order valence-electron chi connectivity index (χ1n) is 7.25. The number of carbonyl (C=O) groups excluding carboxylic acids is 1. The van der Waals surface area contributed by atoms with Crippen LogP contribution < -0.4 is 9.64 Å². The Balaban J connectivity index is 1.97. The average molecular weight is 308 g/mol. The minimum absolute atomic E-state index is 0.328. The Morgan fingerprint density at radius 3 is 2.74 bits per heavy atom. The molecule has 0 radical (unpaired) electrons. The van der Waals surface area contributed by atoms with Gasteiger partial charge in [0.2, 0.25) is 0 Å². The molecule has 1 heterocycles. The summed E-state index contributed by atoms with van der Waals surface area (Å²) in [6.45, 7) is 0.814. The summed E-state index contributed by atoms with van der Waals surface area (Å²) in [5.74, 6) is 0.232. The van der Waals surface area contributed by atoms with Gasteiger partial charge in [0.25, 0.3) is 0 Å². The highest BCUT2D eigenvalue weighted by molar-refractivity contribution is 5.90. The summed E-state index contributed by atoms with van der Waals surface area (Å²) >= 11 is 0. The van der Waals surface area contributed by atoms with E-state index in [1.54, 1.807) is 19.2 Å². The molecule has 0 bridgehead atoms. The van der Waals surface area contributed by atoms with Gasteiger partial charge in [0.1, 0.15) is 11.8 Å². The van der Waals surface area contributed by atoms with Crippen molar-refractivity contribution in [1.82, 2.24) is 0 Å². The Labute approximate surface area is 134 Å². The summed E-state index contributed by atoms with van der Waals surface area (Å²) in [6, 6.07) is 13.2. The molecule has 2 aromatic rings. The van der Waals surface area contributed by atoms with Crippen molar-refractivity contribution in [2.45, 2.75) is 6.42 Å². The largest absolute Gasteiger partial charge is 0.495 e. The Morgan fingerprint density at radius 1 is 1.22 bits per heavy atom. The molecular weight excluding hydrogens is 292 g/mol. The van der Waals surface area contributed by atoms with Crippen molar-refractivity contribution in [2.24, 2.45) is 0 Å². The topological polar surface area (TPSA) is 62.6 Å². The zero-order valence-corrected chi connectivity index (χ0v) is 13.0. The van der Waals surface area contributed by atoms with Gasteiger partial charge in [-0.3, -0.25) is 0 Å². The van der Waals surface area contributed by atoms with Crippen LogP contribution in [0.1, 0.15) is 21.5 Å². The molecule has 0 aromatic heterocycles. The van der Waals surface area contributed by atoms with Gasteiger partial charge in [0.05, 0.1) is 25.3 Å². The number of ether oxygens (including phenoxy) is 2. The SMILES string of the molecule is COC(=O)c1ccc2c(c1)CCN2c1ccc(C#N)c(OC)c1.